The van der Waals surface area contributed by atoms with Gasteiger partial charge in [-0.2, -0.15) is 0 Å². The van der Waals surface area contributed by atoms with E-state index in [1.54, 1.807) is 18.2 Å². The van der Waals surface area contributed by atoms with E-state index >= 15 is 0 Å². The minimum atomic E-state index is -0.437. The number of fused-ring (bicyclic) bond motifs is 1. The number of para-hydroxylation sites is 1. The van der Waals surface area contributed by atoms with Crippen molar-refractivity contribution in [1.82, 2.24) is 19.2 Å². The highest BCUT2D eigenvalue weighted by atomic mass is 16.2. The summed E-state index contributed by atoms with van der Waals surface area (Å²) in [6, 6.07) is 16.8. The fourth-order valence-electron chi connectivity index (χ4n) is 3.37. The highest BCUT2D eigenvalue weighted by Gasteiger charge is 2.15. The summed E-state index contributed by atoms with van der Waals surface area (Å²) in [5, 5.41) is 10.3. The van der Waals surface area contributed by atoms with Crippen LogP contribution in [0.1, 0.15) is 16.8 Å². The predicted molar refractivity (Wildman–Crippen MR) is 116 cm³/mol. The van der Waals surface area contributed by atoms with Gasteiger partial charge in [-0.1, -0.05) is 24.3 Å². The van der Waals surface area contributed by atoms with Gasteiger partial charge in [-0.25, -0.2) is 18.9 Å². The molecule has 8 nitrogen and oxygen atoms in total. The Kier molecular flexibility index (Phi) is 5.05. The molecule has 0 radical (unpaired) electrons. The summed E-state index contributed by atoms with van der Waals surface area (Å²) >= 11 is 0. The molecule has 152 valence electrons. The van der Waals surface area contributed by atoms with Gasteiger partial charge in [0.1, 0.15) is 6.54 Å². The molecule has 4 aromatic rings. The molecule has 0 bridgehead atoms. The van der Waals surface area contributed by atoms with Gasteiger partial charge in [0.2, 0.25) is 11.9 Å². The fraction of sp³-hybridized carbons (Fsp3) is 0.182. The van der Waals surface area contributed by atoms with Crippen molar-refractivity contribution in [3.05, 3.63) is 81.9 Å². The van der Waals surface area contributed by atoms with Crippen molar-refractivity contribution < 1.29 is 4.79 Å². The Bertz CT molecular complexity index is 1270. The number of amides is 1. The maximum atomic E-state index is 13.0. The molecule has 2 aromatic carbocycles. The maximum Gasteiger partial charge on any atom is 0.353 e. The lowest BCUT2D eigenvalue weighted by atomic mass is 10.1. The first-order valence-electron chi connectivity index (χ1n) is 9.56. The van der Waals surface area contributed by atoms with Crippen molar-refractivity contribution in [3.8, 4) is 0 Å². The van der Waals surface area contributed by atoms with Crippen molar-refractivity contribution in [2.24, 2.45) is 0 Å². The van der Waals surface area contributed by atoms with Gasteiger partial charge in [-0.15, -0.1) is 5.10 Å². The molecule has 0 aliphatic rings. The Morgan fingerprint density at radius 2 is 1.67 bits per heavy atom. The van der Waals surface area contributed by atoms with Gasteiger partial charge in [-0.3, -0.25) is 4.79 Å². The van der Waals surface area contributed by atoms with E-state index in [9.17, 15) is 9.59 Å². The van der Waals surface area contributed by atoms with Crippen molar-refractivity contribution in [2.75, 3.05) is 10.6 Å². The van der Waals surface area contributed by atoms with Crippen molar-refractivity contribution in [3.63, 3.8) is 0 Å². The molecule has 0 saturated carbocycles. The number of aromatic nitrogens is 4. The predicted octanol–water partition coefficient (Wildman–Crippen LogP) is 3.20. The van der Waals surface area contributed by atoms with E-state index in [4.69, 9.17) is 0 Å². The van der Waals surface area contributed by atoms with E-state index in [2.05, 4.69) is 26.8 Å². The van der Waals surface area contributed by atoms with Crippen LogP contribution in [0.25, 0.3) is 5.65 Å². The molecule has 0 aliphatic carbocycles. The van der Waals surface area contributed by atoms with Crippen LogP contribution in [0.2, 0.25) is 0 Å². The van der Waals surface area contributed by atoms with Gasteiger partial charge in [0.15, 0.2) is 5.65 Å². The second-order valence-corrected chi connectivity index (χ2v) is 7.27. The Morgan fingerprint density at radius 1 is 0.967 bits per heavy atom. The number of nitrogens with zero attached hydrogens (tertiary/aromatic N) is 4. The zero-order chi connectivity index (χ0) is 21.3. The van der Waals surface area contributed by atoms with Gasteiger partial charge in [0.05, 0.1) is 0 Å². The molecule has 0 aliphatic heterocycles. The average Bonchev–Trinajstić information content (AvgIpc) is 2.96. The lowest BCUT2D eigenvalue weighted by Gasteiger charge is -2.09. The summed E-state index contributed by atoms with van der Waals surface area (Å²) in [7, 11) is 0. The summed E-state index contributed by atoms with van der Waals surface area (Å²) in [4.78, 5) is 29.8. The molecule has 1 amide bonds. The number of carbonyl (C=O) groups is 1. The number of anilines is 3. The number of nitrogens with one attached hydrogen (secondary N) is 2. The second kappa shape index (κ2) is 7.82. The smallest absolute Gasteiger partial charge is 0.325 e. The molecule has 30 heavy (non-hydrogen) atoms. The zero-order valence-electron chi connectivity index (χ0n) is 17.0. The number of hydrogen-bond acceptors (Lipinski definition) is 5. The highest BCUT2D eigenvalue weighted by Crippen LogP contribution is 2.19. The zero-order valence-corrected chi connectivity index (χ0v) is 17.0. The minimum Gasteiger partial charge on any atom is -0.325 e. The molecule has 0 spiro atoms. The molecule has 0 unspecified atom stereocenters. The Morgan fingerprint density at radius 3 is 2.37 bits per heavy atom. The van der Waals surface area contributed by atoms with E-state index in [1.165, 1.54) is 4.40 Å². The van der Waals surface area contributed by atoms with Gasteiger partial charge >= 0.3 is 5.69 Å². The molecule has 2 N–H and O–H groups in total. The molecule has 2 aromatic heterocycles. The number of rotatable bonds is 5. The molecule has 4 rings (SSSR count). The SMILES string of the molecule is Cc1cc(C)cc(Nc2nc(C)cc3nn(CC(=O)Nc4ccccc4)c(=O)n23)c1. The van der Waals surface area contributed by atoms with Gasteiger partial charge in [0, 0.05) is 23.1 Å². The summed E-state index contributed by atoms with van der Waals surface area (Å²) < 4.78 is 2.52. The van der Waals surface area contributed by atoms with E-state index in [0.29, 0.717) is 23.0 Å². The Hall–Kier alpha value is -3.94. The third-order valence-corrected chi connectivity index (χ3v) is 4.53. The topological polar surface area (TPSA) is 93.3 Å². The van der Waals surface area contributed by atoms with Crippen LogP contribution in [0.5, 0.6) is 0 Å². The van der Waals surface area contributed by atoms with E-state index in [-0.39, 0.29) is 12.5 Å². The monoisotopic (exact) mass is 402 g/mol. The molecule has 8 heteroatoms. The van der Waals surface area contributed by atoms with Crippen LogP contribution >= 0.6 is 0 Å². The standard InChI is InChI=1S/C22H22N6O2/c1-14-9-15(2)11-18(10-14)25-21-23-16(3)12-19-26-27(22(30)28(19)21)13-20(29)24-17-7-5-4-6-8-17/h4-12H,13H2,1-3H3,(H,23,25)(H,24,29). The Labute approximate surface area is 173 Å². The number of carbonyl (C=O) groups excluding carboxylic acids is 1. The lowest BCUT2D eigenvalue weighted by Crippen LogP contribution is -2.29. The average molecular weight is 402 g/mol. The third-order valence-electron chi connectivity index (χ3n) is 4.53. The molecular formula is C22H22N6O2. The summed E-state index contributed by atoms with van der Waals surface area (Å²) in [5.41, 5.74) is 4.38. The maximum absolute atomic E-state index is 13.0. The van der Waals surface area contributed by atoms with Crippen LogP contribution in [0.15, 0.2) is 59.4 Å². The molecule has 0 saturated heterocycles. The molecular weight excluding hydrogens is 380 g/mol. The van der Waals surface area contributed by atoms with Crippen LogP contribution in [-0.2, 0) is 11.3 Å². The largest absolute Gasteiger partial charge is 0.353 e. The summed E-state index contributed by atoms with van der Waals surface area (Å²) in [6.07, 6.45) is 0. The highest BCUT2D eigenvalue weighted by molar-refractivity contribution is 5.90. The Balaban J connectivity index is 1.67. The van der Waals surface area contributed by atoms with E-state index in [0.717, 1.165) is 21.5 Å². The minimum absolute atomic E-state index is 0.197. The van der Waals surface area contributed by atoms with Crippen LogP contribution < -0.4 is 16.3 Å². The van der Waals surface area contributed by atoms with E-state index < -0.39 is 5.69 Å². The number of aryl methyl sites for hydroxylation is 3. The fourth-order valence-corrected chi connectivity index (χ4v) is 3.37. The second-order valence-electron chi connectivity index (χ2n) is 7.27. The van der Waals surface area contributed by atoms with Gasteiger partial charge in [0.25, 0.3) is 0 Å². The summed E-state index contributed by atoms with van der Waals surface area (Å²) in [5.74, 6) is 0.0231. The quantitative estimate of drug-likeness (QED) is 0.535. The third kappa shape index (κ3) is 4.07. The lowest BCUT2D eigenvalue weighted by molar-refractivity contribution is -0.117. The number of hydrogen-bond donors (Lipinski definition) is 2. The van der Waals surface area contributed by atoms with Crippen molar-refractivity contribution >= 4 is 28.9 Å². The summed E-state index contributed by atoms with van der Waals surface area (Å²) in [6.45, 7) is 5.65. The van der Waals surface area contributed by atoms with Crippen molar-refractivity contribution in [2.45, 2.75) is 27.3 Å². The number of benzene rings is 2. The molecule has 0 fully saturated rings. The first kappa shape index (κ1) is 19.4. The van der Waals surface area contributed by atoms with Crippen LogP contribution in [0.3, 0.4) is 0 Å². The first-order valence-corrected chi connectivity index (χ1v) is 9.56. The van der Waals surface area contributed by atoms with Crippen LogP contribution in [0.4, 0.5) is 17.3 Å². The van der Waals surface area contributed by atoms with Crippen molar-refractivity contribution in [1.29, 1.82) is 0 Å². The van der Waals surface area contributed by atoms with Crippen LogP contribution in [0, 0.1) is 20.8 Å². The van der Waals surface area contributed by atoms with Crippen LogP contribution in [-0.4, -0.2) is 25.1 Å². The van der Waals surface area contributed by atoms with Gasteiger partial charge in [-0.05, 0) is 56.2 Å². The van der Waals surface area contributed by atoms with E-state index in [1.807, 2.05) is 51.1 Å². The molecule has 2 heterocycles. The molecule has 0 atom stereocenters. The first-order chi connectivity index (χ1) is 14.4. The van der Waals surface area contributed by atoms with Gasteiger partial charge < -0.3 is 10.6 Å². The normalized spacial score (nSPS) is 10.9.